The number of nitrogens with one attached hydrogen (secondary N) is 1. The lowest BCUT2D eigenvalue weighted by atomic mass is 10.0. The van der Waals surface area contributed by atoms with E-state index in [4.69, 9.17) is 0 Å². The van der Waals surface area contributed by atoms with Crippen LogP contribution in [-0.4, -0.2) is 35.7 Å². The molecule has 0 aromatic heterocycles. The molecule has 2 N–H and O–H groups in total. The lowest BCUT2D eigenvalue weighted by molar-refractivity contribution is -0.121. The van der Waals surface area contributed by atoms with Crippen molar-refractivity contribution in [1.29, 1.82) is 0 Å². The first-order valence-electron chi connectivity index (χ1n) is 6.17. The Balaban J connectivity index is 2.06. The summed E-state index contributed by atoms with van der Waals surface area (Å²) in [7, 11) is 0. The monoisotopic (exact) mass is 245 g/mol. The zero-order valence-electron chi connectivity index (χ0n) is 10.1. The zero-order valence-corrected chi connectivity index (χ0v) is 10.9. The molecule has 1 saturated carbocycles. The van der Waals surface area contributed by atoms with Crippen molar-refractivity contribution in [3.05, 3.63) is 0 Å². The smallest absolute Gasteiger partial charge is 0.220 e. The summed E-state index contributed by atoms with van der Waals surface area (Å²) < 4.78 is 0. The van der Waals surface area contributed by atoms with Gasteiger partial charge < -0.3 is 10.4 Å². The van der Waals surface area contributed by atoms with Gasteiger partial charge in [-0.3, -0.25) is 4.79 Å². The number of hydrogen-bond donors (Lipinski definition) is 2. The first kappa shape index (κ1) is 13.8. The van der Waals surface area contributed by atoms with E-state index in [0.717, 1.165) is 25.0 Å². The first-order chi connectivity index (χ1) is 7.74. The normalized spacial score (nSPS) is 18.6. The van der Waals surface area contributed by atoms with Gasteiger partial charge in [-0.25, -0.2) is 0 Å². The number of thioether (sulfide) groups is 1. The molecule has 1 aliphatic rings. The quantitative estimate of drug-likeness (QED) is 0.672. The van der Waals surface area contributed by atoms with Crippen LogP contribution in [0.3, 0.4) is 0 Å². The molecule has 0 aliphatic heterocycles. The molecule has 94 valence electrons. The van der Waals surface area contributed by atoms with E-state index in [9.17, 15) is 9.90 Å². The molecule has 1 fully saturated rings. The molecule has 0 bridgehead atoms. The molecule has 0 heterocycles. The fourth-order valence-corrected chi connectivity index (χ4v) is 2.63. The summed E-state index contributed by atoms with van der Waals surface area (Å²) in [5.41, 5.74) is 0. The minimum absolute atomic E-state index is 0.0751. The summed E-state index contributed by atoms with van der Waals surface area (Å²) in [6, 6.07) is 0. The number of aliphatic hydroxyl groups excluding tert-OH is 1. The predicted molar refractivity (Wildman–Crippen MR) is 68.6 cm³/mol. The van der Waals surface area contributed by atoms with Crippen LogP contribution in [0.5, 0.6) is 0 Å². The van der Waals surface area contributed by atoms with Gasteiger partial charge in [0, 0.05) is 13.0 Å². The SMILES string of the molecule is CSCCCC(=O)NCC(O)C1CCCC1. The van der Waals surface area contributed by atoms with E-state index >= 15 is 0 Å². The third kappa shape index (κ3) is 5.21. The van der Waals surface area contributed by atoms with Crippen molar-refractivity contribution in [2.45, 2.75) is 44.6 Å². The molecule has 16 heavy (non-hydrogen) atoms. The maximum atomic E-state index is 11.4. The number of amides is 1. The molecule has 1 unspecified atom stereocenters. The van der Waals surface area contributed by atoms with Gasteiger partial charge in [0.05, 0.1) is 6.10 Å². The van der Waals surface area contributed by atoms with Gasteiger partial charge in [-0.2, -0.15) is 11.8 Å². The summed E-state index contributed by atoms with van der Waals surface area (Å²) in [6.45, 7) is 0.433. The molecule has 0 radical (unpaired) electrons. The van der Waals surface area contributed by atoms with Gasteiger partial charge in [-0.05, 0) is 37.2 Å². The molecule has 0 aromatic rings. The molecule has 0 saturated heterocycles. The lowest BCUT2D eigenvalue weighted by Crippen LogP contribution is -2.35. The Morgan fingerprint density at radius 1 is 1.50 bits per heavy atom. The number of carbonyl (C=O) groups is 1. The van der Waals surface area contributed by atoms with E-state index in [2.05, 4.69) is 5.32 Å². The van der Waals surface area contributed by atoms with Crippen molar-refractivity contribution in [1.82, 2.24) is 5.32 Å². The van der Waals surface area contributed by atoms with Crippen LogP contribution in [0.1, 0.15) is 38.5 Å². The molecule has 1 aliphatic carbocycles. The van der Waals surface area contributed by atoms with E-state index in [0.29, 0.717) is 18.9 Å². The van der Waals surface area contributed by atoms with Crippen LogP contribution in [0.25, 0.3) is 0 Å². The fourth-order valence-electron chi connectivity index (χ4n) is 2.19. The molecule has 4 heteroatoms. The van der Waals surface area contributed by atoms with Crippen LogP contribution >= 0.6 is 11.8 Å². The Hall–Kier alpha value is -0.220. The second-order valence-corrected chi connectivity index (χ2v) is 5.50. The molecule has 0 aromatic carbocycles. The Bertz CT molecular complexity index is 205. The summed E-state index contributed by atoms with van der Waals surface area (Å²) in [4.78, 5) is 11.4. The van der Waals surface area contributed by atoms with Gasteiger partial charge in [-0.1, -0.05) is 12.8 Å². The van der Waals surface area contributed by atoms with Crippen molar-refractivity contribution in [3.63, 3.8) is 0 Å². The largest absolute Gasteiger partial charge is 0.391 e. The van der Waals surface area contributed by atoms with Crippen molar-refractivity contribution >= 4 is 17.7 Å². The molecule has 0 spiro atoms. The summed E-state index contributed by atoms with van der Waals surface area (Å²) in [5, 5.41) is 12.7. The molecular formula is C12H23NO2S. The van der Waals surface area contributed by atoms with Crippen molar-refractivity contribution < 1.29 is 9.90 Å². The van der Waals surface area contributed by atoms with Crippen LogP contribution in [0.4, 0.5) is 0 Å². The van der Waals surface area contributed by atoms with E-state index in [1.54, 1.807) is 11.8 Å². The van der Waals surface area contributed by atoms with Crippen molar-refractivity contribution in [2.24, 2.45) is 5.92 Å². The van der Waals surface area contributed by atoms with Crippen LogP contribution in [0.15, 0.2) is 0 Å². The average Bonchev–Trinajstić information content (AvgIpc) is 2.79. The Morgan fingerprint density at radius 2 is 2.19 bits per heavy atom. The second-order valence-electron chi connectivity index (χ2n) is 4.51. The van der Waals surface area contributed by atoms with Crippen LogP contribution in [0, 0.1) is 5.92 Å². The second kappa shape index (κ2) is 7.96. The fraction of sp³-hybridized carbons (Fsp3) is 0.917. The van der Waals surface area contributed by atoms with E-state index in [-0.39, 0.29) is 12.0 Å². The van der Waals surface area contributed by atoms with Crippen LogP contribution in [0.2, 0.25) is 0 Å². The minimum atomic E-state index is -0.341. The highest BCUT2D eigenvalue weighted by molar-refractivity contribution is 7.98. The van der Waals surface area contributed by atoms with Gasteiger partial charge in [0.2, 0.25) is 5.91 Å². The predicted octanol–water partition coefficient (Wildman–Crippen LogP) is 1.80. The Kier molecular flexibility index (Phi) is 6.88. The van der Waals surface area contributed by atoms with Crippen LogP contribution in [-0.2, 0) is 4.79 Å². The van der Waals surface area contributed by atoms with Gasteiger partial charge in [0.1, 0.15) is 0 Å². The zero-order chi connectivity index (χ0) is 11.8. The molecule has 3 nitrogen and oxygen atoms in total. The van der Waals surface area contributed by atoms with Crippen LogP contribution < -0.4 is 5.32 Å². The van der Waals surface area contributed by atoms with Gasteiger partial charge >= 0.3 is 0 Å². The maximum absolute atomic E-state index is 11.4. The van der Waals surface area contributed by atoms with E-state index in [1.165, 1.54) is 12.8 Å². The van der Waals surface area contributed by atoms with Crippen molar-refractivity contribution in [2.75, 3.05) is 18.6 Å². The highest BCUT2D eigenvalue weighted by Crippen LogP contribution is 2.27. The third-order valence-corrected chi connectivity index (χ3v) is 3.90. The highest BCUT2D eigenvalue weighted by atomic mass is 32.2. The Labute approximate surface area is 102 Å². The topological polar surface area (TPSA) is 49.3 Å². The number of aliphatic hydroxyl groups is 1. The standard InChI is InChI=1S/C12H23NO2S/c1-16-8-4-7-12(15)13-9-11(14)10-5-2-3-6-10/h10-11,14H,2-9H2,1H3,(H,13,15). The average molecular weight is 245 g/mol. The summed E-state index contributed by atoms with van der Waals surface area (Å²) in [5.74, 6) is 1.51. The van der Waals surface area contributed by atoms with Crippen molar-refractivity contribution in [3.8, 4) is 0 Å². The van der Waals surface area contributed by atoms with E-state index in [1.807, 2.05) is 6.26 Å². The molecular weight excluding hydrogens is 222 g/mol. The summed E-state index contributed by atoms with van der Waals surface area (Å²) in [6.07, 6.45) is 7.89. The summed E-state index contributed by atoms with van der Waals surface area (Å²) >= 11 is 1.76. The minimum Gasteiger partial charge on any atom is -0.391 e. The maximum Gasteiger partial charge on any atom is 0.220 e. The third-order valence-electron chi connectivity index (χ3n) is 3.20. The number of hydrogen-bond acceptors (Lipinski definition) is 3. The number of carbonyl (C=O) groups excluding carboxylic acids is 1. The molecule has 1 rings (SSSR count). The van der Waals surface area contributed by atoms with Gasteiger partial charge in [0.15, 0.2) is 0 Å². The highest BCUT2D eigenvalue weighted by Gasteiger charge is 2.23. The molecule has 1 atom stereocenters. The lowest BCUT2D eigenvalue weighted by Gasteiger charge is -2.17. The molecule has 1 amide bonds. The van der Waals surface area contributed by atoms with Gasteiger partial charge in [0.25, 0.3) is 0 Å². The first-order valence-corrected chi connectivity index (χ1v) is 7.57. The Morgan fingerprint density at radius 3 is 2.81 bits per heavy atom. The number of rotatable bonds is 7. The van der Waals surface area contributed by atoms with E-state index < -0.39 is 0 Å². The van der Waals surface area contributed by atoms with Gasteiger partial charge in [-0.15, -0.1) is 0 Å².